The van der Waals surface area contributed by atoms with Crippen LogP contribution in [-0.4, -0.2) is 52.2 Å². The fourth-order valence-electron chi connectivity index (χ4n) is 1.99. The highest BCUT2D eigenvalue weighted by Crippen LogP contribution is 2.08. The van der Waals surface area contributed by atoms with Crippen molar-refractivity contribution < 1.29 is 4.79 Å². The molecule has 0 aromatic carbocycles. The summed E-state index contributed by atoms with van der Waals surface area (Å²) >= 11 is 3.21. The Balaban J connectivity index is 1.82. The third-order valence-corrected chi connectivity index (χ3v) is 3.47. The quantitative estimate of drug-likeness (QED) is 0.785. The van der Waals surface area contributed by atoms with E-state index in [1.807, 2.05) is 29.4 Å². The van der Waals surface area contributed by atoms with Gasteiger partial charge in [-0.15, -0.1) is 0 Å². The van der Waals surface area contributed by atoms with Gasteiger partial charge >= 0.3 is 0 Å². The Bertz CT molecular complexity index is 363. The molecule has 92 valence electrons. The zero-order chi connectivity index (χ0) is 12.1. The molecule has 1 aromatic rings. The molecule has 5 heteroatoms. The molecule has 1 amide bonds. The lowest BCUT2D eigenvalue weighted by Gasteiger charge is -2.34. The van der Waals surface area contributed by atoms with Gasteiger partial charge in [0.15, 0.2) is 0 Å². The molecular weight excluding hydrogens is 282 g/mol. The lowest BCUT2D eigenvalue weighted by Crippen LogP contribution is -2.48. The Morgan fingerprint density at radius 3 is 2.47 bits per heavy atom. The number of carbonyl (C=O) groups is 1. The molecule has 1 fully saturated rings. The Hall–Kier alpha value is -0.940. The molecule has 0 unspecified atom stereocenters. The van der Waals surface area contributed by atoms with E-state index in [-0.39, 0.29) is 5.91 Å². The van der Waals surface area contributed by atoms with Crippen LogP contribution in [0.3, 0.4) is 0 Å². The second kappa shape index (κ2) is 6.12. The number of carbonyl (C=O) groups excluding carboxylic acids is 1. The molecule has 0 radical (unpaired) electrons. The van der Waals surface area contributed by atoms with Crippen molar-refractivity contribution in [2.45, 2.75) is 6.54 Å². The molecule has 2 heterocycles. The molecule has 1 saturated heterocycles. The van der Waals surface area contributed by atoms with Crippen LogP contribution in [-0.2, 0) is 11.3 Å². The van der Waals surface area contributed by atoms with Crippen molar-refractivity contribution in [2.75, 3.05) is 31.5 Å². The van der Waals surface area contributed by atoms with Gasteiger partial charge in [-0.25, -0.2) is 0 Å². The van der Waals surface area contributed by atoms with Crippen LogP contribution in [0.15, 0.2) is 24.5 Å². The van der Waals surface area contributed by atoms with Crippen LogP contribution < -0.4 is 0 Å². The Morgan fingerprint density at radius 2 is 1.88 bits per heavy atom. The monoisotopic (exact) mass is 297 g/mol. The van der Waals surface area contributed by atoms with Gasteiger partial charge in [0.2, 0.25) is 5.91 Å². The van der Waals surface area contributed by atoms with Gasteiger partial charge in [-0.05, 0) is 17.7 Å². The number of hydrogen-bond acceptors (Lipinski definition) is 3. The molecule has 0 bridgehead atoms. The van der Waals surface area contributed by atoms with Crippen LogP contribution in [0, 0.1) is 0 Å². The molecule has 1 aliphatic rings. The minimum atomic E-state index is 0.188. The summed E-state index contributed by atoms with van der Waals surface area (Å²) in [4.78, 5) is 19.8. The number of nitrogens with zero attached hydrogens (tertiary/aromatic N) is 3. The zero-order valence-corrected chi connectivity index (χ0v) is 11.3. The predicted molar refractivity (Wildman–Crippen MR) is 69.9 cm³/mol. The standard InChI is InChI=1S/C12H16BrN3O/c13-9-12(17)16-7-5-15(6-8-16)10-11-1-3-14-4-2-11/h1-4H,5-10H2. The molecule has 17 heavy (non-hydrogen) atoms. The normalized spacial score (nSPS) is 17.1. The van der Waals surface area contributed by atoms with E-state index in [1.54, 1.807) is 0 Å². The first-order valence-corrected chi connectivity index (χ1v) is 6.87. The molecule has 1 aromatic heterocycles. The van der Waals surface area contributed by atoms with Crippen molar-refractivity contribution in [2.24, 2.45) is 0 Å². The van der Waals surface area contributed by atoms with Gasteiger partial charge in [0, 0.05) is 45.1 Å². The summed E-state index contributed by atoms with van der Waals surface area (Å²) in [5.74, 6) is 0.188. The van der Waals surface area contributed by atoms with E-state index in [4.69, 9.17) is 0 Å². The Morgan fingerprint density at radius 1 is 1.24 bits per heavy atom. The number of rotatable bonds is 3. The van der Waals surface area contributed by atoms with Crippen molar-refractivity contribution in [1.29, 1.82) is 0 Å². The number of alkyl halides is 1. The van der Waals surface area contributed by atoms with Gasteiger partial charge in [-0.3, -0.25) is 14.7 Å². The molecule has 0 saturated carbocycles. The summed E-state index contributed by atoms with van der Waals surface area (Å²) < 4.78 is 0. The van der Waals surface area contributed by atoms with Crippen LogP contribution in [0.4, 0.5) is 0 Å². The first-order chi connectivity index (χ1) is 8.29. The van der Waals surface area contributed by atoms with E-state index in [0.717, 1.165) is 32.7 Å². The Kier molecular flexibility index (Phi) is 4.50. The topological polar surface area (TPSA) is 36.4 Å². The SMILES string of the molecule is O=C(CBr)N1CCN(Cc2ccncc2)CC1. The summed E-state index contributed by atoms with van der Waals surface area (Å²) in [6.45, 7) is 4.49. The van der Waals surface area contributed by atoms with Gasteiger partial charge in [0.05, 0.1) is 5.33 Å². The molecule has 0 N–H and O–H groups in total. The first kappa shape index (κ1) is 12.5. The summed E-state index contributed by atoms with van der Waals surface area (Å²) in [5, 5.41) is 0.428. The van der Waals surface area contributed by atoms with Crippen LogP contribution in [0.5, 0.6) is 0 Å². The second-order valence-electron chi connectivity index (χ2n) is 4.15. The number of halogens is 1. The van der Waals surface area contributed by atoms with Crippen molar-refractivity contribution in [3.8, 4) is 0 Å². The van der Waals surface area contributed by atoms with Gasteiger partial charge in [0.1, 0.15) is 0 Å². The average molecular weight is 298 g/mol. The van der Waals surface area contributed by atoms with Crippen molar-refractivity contribution in [3.63, 3.8) is 0 Å². The fraction of sp³-hybridized carbons (Fsp3) is 0.500. The van der Waals surface area contributed by atoms with Gasteiger partial charge < -0.3 is 4.90 Å². The summed E-state index contributed by atoms with van der Waals surface area (Å²) in [6.07, 6.45) is 3.64. The van der Waals surface area contributed by atoms with Crippen molar-refractivity contribution in [1.82, 2.24) is 14.8 Å². The smallest absolute Gasteiger partial charge is 0.233 e. The van der Waals surface area contributed by atoms with E-state index in [1.165, 1.54) is 5.56 Å². The predicted octanol–water partition coefficient (Wildman–Crippen LogP) is 1.12. The van der Waals surface area contributed by atoms with E-state index in [0.29, 0.717) is 5.33 Å². The maximum atomic E-state index is 11.5. The number of hydrogen-bond donors (Lipinski definition) is 0. The molecule has 1 aliphatic heterocycles. The minimum Gasteiger partial charge on any atom is -0.339 e. The highest BCUT2D eigenvalue weighted by molar-refractivity contribution is 9.09. The van der Waals surface area contributed by atoms with Crippen molar-refractivity contribution >= 4 is 21.8 Å². The second-order valence-corrected chi connectivity index (χ2v) is 4.71. The molecule has 0 spiro atoms. The number of aromatic nitrogens is 1. The summed E-state index contributed by atoms with van der Waals surface area (Å²) in [6, 6.07) is 4.08. The van der Waals surface area contributed by atoms with Gasteiger partial charge in [0.25, 0.3) is 0 Å². The first-order valence-electron chi connectivity index (χ1n) is 5.74. The average Bonchev–Trinajstić information content (AvgIpc) is 2.40. The third kappa shape index (κ3) is 3.51. The van der Waals surface area contributed by atoms with Crippen LogP contribution >= 0.6 is 15.9 Å². The van der Waals surface area contributed by atoms with Crippen LogP contribution in [0.2, 0.25) is 0 Å². The molecule has 0 aliphatic carbocycles. The maximum Gasteiger partial charge on any atom is 0.233 e. The molecule has 2 rings (SSSR count). The van der Waals surface area contributed by atoms with Crippen LogP contribution in [0.25, 0.3) is 0 Å². The van der Waals surface area contributed by atoms with E-state index < -0.39 is 0 Å². The molecular formula is C12H16BrN3O. The number of pyridine rings is 1. The van der Waals surface area contributed by atoms with Crippen molar-refractivity contribution in [3.05, 3.63) is 30.1 Å². The molecule has 4 nitrogen and oxygen atoms in total. The Labute approximate surface area is 110 Å². The summed E-state index contributed by atoms with van der Waals surface area (Å²) in [7, 11) is 0. The highest BCUT2D eigenvalue weighted by Gasteiger charge is 2.19. The molecule has 0 atom stereocenters. The minimum absolute atomic E-state index is 0.188. The van der Waals surface area contributed by atoms with E-state index in [9.17, 15) is 4.79 Å². The van der Waals surface area contributed by atoms with Gasteiger partial charge in [-0.2, -0.15) is 0 Å². The lowest BCUT2D eigenvalue weighted by molar-refractivity contribution is -0.130. The third-order valence-electron chi connectivity index (χ3n) is 2.99. The van der Waals surface area contributed by atoms with Gasteiger partial charge in [-0.1, -0.05) is 15.9 Å². The lowest BCUT2D eigenvalue weighted by atomic mass is 10.2. The summed E-state index contributed by atoms with van der Waals surface area (Å²) in [5.41, 5.74) is 1.28. The van der Waals surface area contributed by atoms with E-state index >= 15 is 0 Å². The zero-order valence-electron chi connectivity index (χ0n) is 9.68. The van der Waals surface area contributed by atoms with Crippen LogP contribution in [0.1, 0.15) is 5.56 Å². The fourth-order valence-corrected chi connectivity index (χ4v) is 2.34. The largest absolute Gasteiger partial charge is 0.339 e. The number of piperazine rings is 1. The maximum absolute atomic E-state index is 11.5. The van der Waals surface area contributed by atoms with E-state index in [2.05, 4.69) is 25.8 Å². The highest BCUT2D eigenvalue weighted by atomic mass is 79.9. The number of amides is 1.